The summed E-state index contributed by atoms with van der Waals surface area (Å²) in [5.74, 6) is -0.0953. The maximum atomic E-state index is 13.2. The number of hydrogen-bond acceptors (Lipinski definition) is 5. The monoisotopic (exact) mass is 444 g/mol. The lowest BCUT2D eigenvalue weighted by molar-refractivity contribution is -0.651. The van der Waals surface area contributed by atoms with Gasteiger partial charge in [-0.05, 0) is 48.0 Å². The standard InChI is InChI=1S/C24H18FN5O3/c25-16-8-6-15(7-9-16)13-27-23(31)18-12-19-22(28-20-5-1-2-10-29(20)24(19)32)30(21(18)26)14-17-4-3-11-33-17/h1-12,26H,13-14H2,(H,27,31)/p+1. The number of nitrogens with one attached hydrogen (secondary N) is 1. The highest BCUT2D eigenvalue weighted by atomic mass is 19.1. The van der Waals surface area contributed by atoms with Crippen LogP contribution in [0.5, 0.6) is 0 Å². The molecule has 0 aliphatic heterocycles. The molecule has 1 aromatic carbocycles. The minimum absolute atomic E-state index is 0.131. The molecule has 5 rings (SSSR count). The average Bonchev–Trinajstić information content (AvgIpc) is 3.34. The van der Waals surface area contributed by atoms with Crippen molar-refractivity contribution < 1.29 is 18.2 Å². The predicted molar refractivity (Wildman–Crippen MR) is 119 cm³/mol. The molecule has 9 heteroatoms. The number of nitrogen functional groups attached to an aromatic ring is 1. The molecule has 0 bridgehead atoms. The van der Waals surface area contributed by atoms with Gasteiger partial charge in [-0.2, -0.15) is 0 Å². The molecule has 0 fully saturated rings. The zero-order valence-corrected chi connectivity index (χ0v) is 17.4. The van der Waals surface area contributed by atoms with Crippen molar-refractivity contribution in [2.75, 3.05) is 5.73 Å². The number of anilines is 1. The van der Waals surface area contributed by atoms with Crippen LogP contribution in [0.25, 0.3) is 16.7 Å². The smallest absolute Gasteiger partial charge is 0.278 e. The Labute approximate surface area is 186 Å². The van der Waals surface area contributed by atoms with Gasteiger partial charge in [0.05, 0.1) is 6.26 Å². The molecule has 0 atom stereocenters. The summed E-state index contributed by atoms with van der Waals surface area (Å²) in [5.41, 5.74) is 7.74. The van der Waals surface area contributed by atoms with Crippen LogP contribution in [0.1, 0.15) is 21.7 Å². The minimum Gasteiger partial charge on any atom is -0.466 e. The highest BCUT2D eigenvalue weighted by Gasteiger charge is 2.25. The summed E-state index contributed by atoms with van der Waals surface area (Å²) in [6.45, 7) is 0.355. The van der Waals surface area contributed by atoms with Crippen LogP contribution in [0.4, 0.5) is 10.2 Å². The largest absolute Gasteiger partial charge is 0.466 e. The summed E-state index contributed by atoms with van der Waals surface area (Å²) >= 11 is 0. The van der Waals surface area contributed by atoms with Crippen LogP contribution < -0.4 is 21.2 Å². The molecule has 5 aromatic rings. The number of pyridine rings is 2. The number of nitrogens with zero attached hydrogens (tertiary/aromatic N) is 3. The first kappa shape index (κ1) is 20.4. The van der Waals surface area contributed by atoms with Gasteiger partial charge in [0.2, 0.25) is 11.5 Å². The van der Waals surface area contributed by atoms with E-state index in [0.717, 1.165) is 5.56 Å². The predicted octanol–water partition coefficient (Wildman–Crippen LogP) is 2.43. The van der Waals surface area contributed by atoms with Gasteiger partial charge in [0.1, 0.15) is 29.1 Å². The van der Waals surface area contributed by atoms with E-state index in [-0.39, 0.29) is 41.2 Å². The van der Waals surface area contributed by atoms with Gasteiger partial charge in [0.15, 0.2) is 0 Å². The Morgan fingerprint density at radius 2 is 1.97 bits per heavy atom. The molecule has 1 amide bonds. The molecule has 0 unspecified atom stereocenters. The molecule has 3 N–H and O–H groups in total. The van der Waals surface area contributed by atoms with E-state index in [1.165, 1.54) is 28.9 Å². The Hall–Kier alpha value is -4.53. The number of fused-ring (bicyclic) bond motifs is 2. The molecule has 164 valence electrons. The Morgan fingerprint density at radius 1 is 1.15 bits per heavy atom. The van der Waals surface area contributed by atoms with Gasteiger partial charge < -0.3 is 15.5 Å². The van der Waals surface area contributed by atoms with Crippen molar-refractivity contribution in [1.82, 2.24) is 14.7 Å². The van der Waals surface area contributed by atoms with Gasteiger partial charge in [-0.15, -0.1) is 0 Å². The van der Waals surface area contributed by atoms with E-state index >= 15 is 0 Å². The fourth-order valence-corrected chi connectivity index (χ4v) is 3.68. The van der Waals surface area contributed by atoms with Gasteiger partial charge in [0, 0.05) is 12.7 Å². The lowest BCUT2D eigenvalue weighted by Gasteiger charge is -2.12. The highest BCUT2D eigenvalue weighted by Crippen LogP contribution is 2.16. The third-order valence-corrected chi connectivity index (χ3v) is 5.37. The third kappa shape index (κ3) is 3.80. The molecule has 0 saturated heterocycles. The number of rotatable bonds is 5. The van der Waals surface area contributed by atoms with Gasteiger partial charge in [-0.25, -0.2) is 8.96 Å². The number of benzene rings is 1. The number of hydrogen-bond donors (Lipinski definition) is 2. The quantitative estimate of drug-likeness (QED) is 0.320. The molecule has 4 heterocycles. The van der Waals surface area contributed by atoms with Crippen molar-refractivity contribution >= 4 is 28.4 Å². The first-order chi connectivity index (χ1) is 16.0. The van der Waals surface area contributed by atoms with Gasteiger partial charge in [-0.3, -0.25) is 14.0 Å². The van der Waals surface area contributed by atoms with Crippen molar-refractivity contribution in [3.05, 3.63) is 106 Å². The summed E-state index contributed by atoms with van der Waals surface area (Å²) in [6.07, 6.45) is 3.15. The van der Waals surface area contributed by atoms with Crippen molar-refractivity contribution in [3.8, 4) is 0 Å². The third-order valence-electron chi connectivity index (χ3n) is 5.37. The molecule has 0 saturated carbocycles. The van der Waals surface area contributed by atoms with Crippen LogP contribution in [0, 0.1) is 5.82 Å². The maximum Gasteiger partial charge on any atom is 0.278 e. The minimum atomic E-state index is -0.468. The summed E-state index contributed by atoms with van der Waals surface area (Å²) < 4.78 is 21.6. The van der Waals surface area contributed by atoms with Crippen LogP contribution in [0.2, 0.25) is 0 Å². The second kappa shape index (κ2) is 8.19. The number of furan rings is 1. The Balaban J connectivity index is 1.63. The highest BCUT2D eigenvalue weighted by molar-refractivity contribution is 6.00. The van der Waals surface area contributed by atoms with E-state index in [1.54, 1.807) is 53.2 Å². The summed E-state index contributed by atoms with van der Waals surface area (Å²) in [7, 11) is 0. The molecular formula is C24H19FN5O3+. The van der Waals surface area contributed by atoms with Crippen LogP contribution in [0.15, 0.2) is 82.3 Å². The molecule has 33 heavy (non-hydrogen) atoms. The van der Waals surface area contributed by atoms with Crippen molar-refractivity contribution in [2.45, 2.75) is 13.1 Å². The zero-order valence-electron chi connectivity index (χ0n) is 17.4. The average molecular weight is 444 g/mol. The molecule has 0 radical (unpaired) electrons. The Morgan fingerprint density at radius 3 is 2.73 bits per heavy atom. The number of carbonyl (C=O) groups excluding carboxylic acids is 1. The zero-order chi connectivity index (χ0) is 22.9. The molecule has 0 aliphatic rings. The van der Waals surface area contributed by atoms with E-state index in [4.69, 9.17) is 10.2 Å². The number of carbonyl (C=O) groups is 1. The van der Waals surface area contributed by atoms with Crippen LogP contribution >= 0.6 is 0 Å². The summed E-state index contributed by atoms with van der Waals surface area (Å²) in [5, 5.41) is 3.02. The van der Waals surface area contributed by atoms with Crippen LogP contribution in [-0.2, 0) is 13.1 Å². The fraction of sp³-hybridized carbons (Fsp3) is 0.0833. The van der Waals surface area contributed by atoms with E-state index < -0.39 is 5.91 Å². The SMILES string of the molecule is Nc1c(C(=O)NCc2ccc(F)cc2)cc2c(=O)n3ccccc3nc2[n+]1Cc1ccco1. The number of nitrogens with two attached hydrogens (primary N) is 1. The Kier molecular flexibility index (Phi) is 5.06. The number of aromatic nitrogens is 3. The van der Waals surface area contributed by atoms with Crippen LogP contribution in [-0.4, -0.2) is 15.3 Å². The maximum absolute atomic E-state index is 13.2. The van der Waals surface area contributed by atoms with E-state index in [0.29, 0.717) is 17.1 Å². The molecule has 0 aliphatic carbocycles. The topological polar surface area (TPSA) is 107 Å². The van der Waals surface area contributed by atoms with Gasteiger partial charge >= 0.3 is 0 Å². The lowest BCUT2D eigenvalue weighted by atomic mass is 10.1. The van der Waals surface area contributed by atoms with Crippen LogP contribution in [0.3, 0.4) is 0 Å². The van der Waals surface area contributed by atoms with Gasteiger partial charge in [-0.1, -0.05) is 23.2 Å². The molecule has 0 spiro atoms. The second-order valence-electron chi connectivity index (χ2n) is 7.50. The van der Waals surface area contributed by atoms with Crippen molar-refractivity contribution in [3.63, 3.8) is 0 Å². The summed E-state index contributed by atoms with van der Waals surface area (Å²) in [6, 6.07) is 16.0. The molecule has 8 nitrogen and oxygen atoms in total. The van der Waals surface area contributed by atoms with Gasteiger partial charge in [0.25, 0.3) is 17.1 Å². The van der Waals surface area contributed by atoms with Crippen molar-refractivity contribution in [2.24, 2.45) is 0 Å². The van der Waals surface area contributed by atoms with E-state index in [9.17, 15) is 14.0 Å². The second-order valence-corrected chi connectivity index (χ2v) is 7.50. The van der Waals surface area contributed by atoms with E-state index in [1.807, 2.05) is 0 Å². The van der Waals surface area contributed by atoms with Crippen molar-refractivity contribution in [1.29, 1.82) is 0 Å². The molecular weight excluding hydrogens is 425 g/mol. The first-order valence-corrected chi connectivity index (χ1v) is 10.2. The lowest BCUT2D eigenvalue weighted by Crippen LogP contribution is -2.43. The summed E-state index contributed by atoms with van der Waals surface area (Å²) in [4.78, 5) is 30.9. The van der Waals surface area contributed by atoms with E-state index in [2.05, 4.69) is 10.3 Å². The fourth-order valence-electron chi connectivity index (χ4n) is 3.68. The first-order valence-electron chi connectivity index (χ1n) is 10.2. The number of amides is 1. The Bertz CT molecular complexity index is 1540. The molecule has 4 aromatic heterocycles. The normalized spacial score (nSPS) is 11.2. The number of halogens is 1.